The van der Waals surface area contributed by atoms with Crippen molar-refractivity contribution < 1.29 is 34.0 Å². The van der Waals surface area contributed by atoms with Crippen molar-refractivity contribution in [3.8, 4) is 0 Å². The number of rotatable bonds is 6. The Morgan fingerprint density at radius 3 is 1.98 bits per heavy atom. The van der Waals surface area contributed by atoms with Gasteiger partial charge in [-0.2, -0.15) is 0 Å². The number of aldehydes is 1. The average molecular weight is 717 g/mol. The molecule has 3 aromatic rings. The van der Waals surface area contributed by atoms with Gasteiger partial charge in [0.25, 0.3) is 0 Å². The zero-order valence-corrected chi connectivity index (χ0v) is 31.0. The number of nitrogens with zero attached hydrogens (tertiary/aromatic N) is 2. The van der Waals surface area contributed by atoms with Gasteiger partial charge < -0.3 is 12.4 Å². The summed E-state index contributed by atoms with van der Waals surface area (Å²) in [6, 6.07) is 18.1. The molecule has 0 radical (unpaired) electrons. The minimum absolute atomic E-state index is 0. The molecule has 256 valence electrons. The number of allylic oxidation sites excluding steroid dienone is 7. The van der Waals surface area contributed by atoms with E-state index in [4.69, 9.17) is 0 Å². The maximum Gasteiger partial charge on any atom is 0.206 e. The van der Waals surface area contributed by atoms with Crippen LogP contribution < -0.4 is 12.4 Å². The quantitative estimate of drug-likeness (QED) is 0.275. The van der Waals surface area contributed by atoms with E-state index < -0.39 is 19.7 Å². The Kier molecular flexibility index (Phi) is 13.1. The van der Waals surface area contributed by atoms with Crippen molar-refractivity contribution >= 4 is 43.3 Å². The van der Waals surface area contributed by atoms with E-state index in [-0.39, 0.29) is 12.4 Å². The number of aromatic nitrogens is 1. The molecule has 7 nitrogen and oxygen atoms in total. The van der Waals surface area contributed by atoms with E-state index in [1.54, 1.807) is 24.3 Å². The van der Waals surface area contributed by atoms with Gasteiger partial charge in [0.15, 0.2) is 25.4 Å². The highest BCUT2D eigenvalue weighted by Gasteiger charge is 2.36. The number of hydrogen-bond donors (Lipinski definition) is 0. The summed E-state index contributed by atoms with van der Waals surface area (Å²) >= 11 is 0. The van der Waals surface area contributed by atoms with Crippen LogP contribution in [0.5, 0.6) is 0 Å². The fourth-order valence-corrected chi connectivity index (χ4v) is 6.60. The van der Waals surface area contributed by atoms with E-state index in [0.717, 1.165) is 76.5 Å². The maximum atomic E-state index is 11.5. The lowest BCUT2D eigenvalue weighted by Crippen LogP contribution is -3.00. The van der Waals surface area contributed by atoms with Gasteiger partial charge in [0, 0.05) is 29.9 Å². The lowest BCUT2D eigenvalue weighted by atomic mass is 10.0. The van der Waals surface area contributed by atoms with Crippen molar-refractivity contribution in [3.63, 3.8) is 0 Å². The number of aliphatic imine (C=N–C) groups is 1. The lowest BCUT2D eigenvalue weighted by Gasteiger charge is -2.03. The molecular weight excluding hydrogens is 676 g/mol. The molecule has 0 amide bonds. The summed E-state index contributed by atoms with van der Waals surface area (Å²) in [4.78, 5) is 20.5. The third-order valence-corrected chi connectivity index (χ3v) is 10.3. The van der Waals surface area contributed by atoms with Gasteiger partial charge in [-0.05, 0) is 86.2 Å². The topological polar surface area (TPSA) is 111 Å². The SMILES string of the molecule is C=C1C[C+]2C=CC(C)=NC2=C1C=O.CC1=C(/C=C/c2ccc(S(C)(=O)=O)cc2)c2nc(C)ccc2C1.CCc1ccc(S(C)(=O)=O)cc1.[Cl-]. The van der Waals surface area contributed by atoms with Crippen LogP contribution in [0, 0.1) is 12.8 Å². The number of hydrogen-bond acceptors (Lipinski definition) is 7. The summed E-state index contributed by atoms with van der Waals surface area (Å²) in [5, 5.41) is 0. The molecule has 0 saturated heterocycles. The van der Waals surface area contributed by atoms with Gasteiger partial charge in [-0.3, -0.25) is 9.78 Å². The van der Waals surface area contributed by atoms with Gasteiger partial charge in [0.2, 0.25) is 6.29 Å². The van der Waals surface area contributed by atoms with Crippen LogP contribution in [0.25, 0.3) is 11.6 Å². The molecular formula is C39H41ClN2O5S2. The van der Waals surface area contributed by atoms with Crippen molar-refractivity contribution in [1.29, 1.82) is 0 Å². The van der Waals surface area contributed by atoms with Gasteiger partial charge in [-0.25, -0.2) is 21.8 Å². The summed E-state index contributed by atoms with van der Waals surface area (Å²) in [6.07, 6.45) is 14.0. The van der Waals surface area contributed by atoms with E-state index in [0.29, 0.717) is 15.4 Å². The minimum atomic E-state index is -3.15. The molecule has 0 atom stereocenters. The fourth-order valence-electron chi connectivity index (χ4n) is 5.34. The highest BCUT2D eigenvalue weighted by Crippen LogP contribution is 2.39. The Balaban J connectivity index is 0.000000214. The summed E-state index contributed by atoms with van der Waals surface area (Å²) in [6.45, 7) is 11.9. The second kappa shape index (κ2) is 16.4. The summed E-state index contributed by atoms with van der Waals surface area (Å²) in [5.74, 6) is 1.11. The van der Waals surface area contributed by atoms with Crippen molar-refractivity contribution in [2.24, 2.45) is 4.99 Å². The molecule has 2 aromatic carbocycles. The molecule has 10 heteroatoms. The summed E-state index contributed by atoms with van der Waals surface area (Å²) in [5.41, 5.74) is 11.2. The predicted molar refractivity (Wildman–Crippen MR) is 195 cm³/mol. The molecule has 0 N–H and O–H groups in total. The zero-order chi connectivity index (χ0) is 35.2. The third-order valence-electron chi connectivity index (χ3n) is 8.07. The molecule has 0 unspecified atom stereocenters. The molecule has 0 spiro atoms. The highest BCUT2D eigenvalue weighted by atomic mass is 35.5. The second-order valence-corrected chi connectivity index (χ2v) is 16.1. The Morgan fingerprint density at radius 1 is 0.837 bits per heavy atom. The first-order valence-electron chi connectivity index (χ1n) is 15.5. The number of halogens is 1. The van der Waals surface area contributed by atoms with E-state index in [2.05, 4.69) is 35.6 Å². The number of benzene rings is 2. The molecule has 3 aliphatic rings. The van der Waals surface area contributed by atoms with Gasteiger partial charge >= 0.3 is 0 Å². The van der Waals surface area contributed by atoms with Crippen LogP contribution >= 0.6 is 0 Å². The lowest BCUT2D eigenvalue weighted by molar-refractivity contribution is -0.104. The molecule has 2 heterocycles. The molecule has 49 heavy (non-hydrogen) atoms. The maximum absolute atomic E-state index is 11.5. The van der Waals surface area contributed by atoms with E-state index in [1.165, 1.54) is 23.6 Å². The van der Waals surface area contributed by atoms with Gasteiger partial charge in [-0.1, -0.05) is 61.6 Å². The van der Waals surface area contributed by atoms with Crippen LogP contribution in [0.3, 0.4) is 0 Å². The number of fused-ring (bicyclic) bond motifs is 2. The molecule has 0 bridgehead atoms. The van der Waals surface area contributed by atoms with Crippen LogP contribution in [-0.4, -0.2) is 46.3 Å². The van der Waals surface area contributed by atoms with Crippen molar-refractivity contribution in [1.82, 2.24) is 4.98 Å². The number of pyridine rings is 1. The number of carbonyl (C=O) groups is 1. The first kappa shape index (κ1) is 39.1. The number of carbonyl (C=O) groups excluding carboxylic acids is 1. The third kappa shape index (κ3) is 10.1. The average Bonchev–Trinajstić information content (AvgIpc) is 3.53. The largest absolute Gasteiger partial charge is 1.00 e. The Hall–Kier alpha value is -4.31. The molecule has 2 aliphatic carbocycles. The first-order chi connectivity index (χ1) is 22.6. The van der Waals surface area contributed by atoms with Gasteiger partial charge in [0.1, 0.15) is 5.57 Å². The van der Waals surface area contributed by atoms with E-state index in [1.807, 2.05) is 69.3 Å². The van der Waals surface area contributed by atoms with Crippen LogP contribution in [0.2, 0.25) is 0 Å². The van der Waals surface area contributed by atoms with Gasteiger partial charge in [-0.15, -0.1) is 0 Å². The molecule has 0 fully saturated rings. The van der Waals surface area contributed by atoms with Crippen molar-refractivity contribution in [3.05, 3.63) is 142 Å². The Bertz CT molecular complexity index is 2110. The second-order valence-electron chi connectivity index (χ2n) is 12.0. The monoisotopic (exact) mass is 716 g/mol. The fraction of sp³-hybridized carbons (Fsp3) is 0.231. The van der Waals surface area contributed by atoms with E-state index in [9.17, 15) is 21.6 Å². The van der Waals surface area contributed by atoms with E-state index >= 15 is 0 Å². The number of aryl methyl sites for hydroxylation is 2. The van der Waals surface area contributed by atoms with Crippen LogP contribution in [0.15, 0.2) is 123 Å². The Morgan fingerprint density at radius 2 is 1.43 bits per heavy atom. The van der Waals surface area contributed by atoms with Crippen molar-refractivity contribution in [2.75, 3.05) is 12.5 Å². The van der Waals surface area contributed by atoms with Crippen molar-refractivity contribution in [2.45, 2.75) is 56.7 Å². The van der Waals surface area contributed by atoms with Crippen LogP contribution in [0.4, 0.5) is 0 Å². The smallest absolute Gasteiger partial charge is 0.206 e. The highest BCUT2D eigenvalue weighted by molar-refractivity contribution is 7.91. The summed E-state index contributed by atoms with van der Waals surface area (Å²) < 4.78 is 45.0. The summed E-state index contributed by atoms with van der Waals surface area (Å²) in [7, 11) is -6.17. The zero-order valence-electron chi connectivity index (χ0n) is 28.6. The van der Waals surface area contributed by atoms with Crippen LogP contribution in [-0.2, 0) is 37.3 Å². The molecule has 1 aliphatic heterocycles. The normalized spacial score (nSPS) is 15.1. The first-order valence-corrected chi connectivity index (χ1v) is 19.3. The van der Waals surface area contributed by atoms with Crippen LogP contribution in [0.1, 0.15) is 55.3 Å². The number of dihydropyridines is 1. The number of sulfone groups is 2. The molecule has 0 saturated carbocycles. The minimum Gasteiger partial charge on any atom is -1.00 e. The standard InChI is InChI=1S/C19H19NO2S.C11H10NO.C9H12O2S.ClH/c1-13-12-16-8-4-14(2)20-19(16)18(13)11-7-15-5-9-17(10-6-15)23(3,21)22;1-7-5-9-4-3-8(2)12-11(9)10(7)6-13;1-3-8-4-6-9(7-5-8)12(2,10)11;/h4-11H,12H2,1-3H3;3-4,6H,1,5H2,2H3;4-7H,3H2,1-2H3;1H/q;+1;;/p-1/b11-7+;;;. The Labute approximate surface area is 297 Å². The molecule has 1 aromatic heterocycles. The predicted octanol–water partition coefficient (Wildman–Crippen LogP) is 4.50. The van der Waals surface area contributed by atoms with Gasteiger partial charge in [0.05, 0.1) is 39.6 Å². The molecule has 6 rings (SSSR count).